The highest BCUT2D eigenvalue weighted by Crippen LogP contribution is 2.45. The maximum Gasteiger partial charge on any atom is 0.184 e. The van der Waals surface area contributed by atoms with Crippen molar-refractivity contribution in [3.8, 4) is 23.0 Å². The van der Waals surface area contributed by atoms with Crippen molar-refractivity contribution in [2.75, 3.05) is 0 Å². The van der Waals surface area contributed by atoms with E-state index in [2.05, 4.69) is 0 Å². The third-order valence-corrected chi connectivity index (χ3v) is 3.52. The van der Waals surface area contributed by atoms with Crippen molar-refractivity contribution in [2.45, 2.75) is 13.3 Å². The second kappa shape index (κ2) is 4.63. The monoisotopic (exact) mass is 284 g/mol. The molecular weight excluding hydrogens is 272 g/mol. The van der Waals surface area contributed by atoms with E-state index in [-0.39, 0.29) is 34.8 Å². The van der Waals surface area contributed by atoms with E-state index in [4.69, 9.17) is 4.74 Å². The molecule has 2 aromatic rings. The van der Waals surface area contributed by atoms with E-state index in [9.17, 15) is 19.8 Å². The lowest BCUT2D eigenvalue weighted by molar-refractivity contribution is 0.0989. The fraction of sp³-hybridized carbons (Fsp3) is 0.125. The van der Waals surface area contributed by atoms with Crippen LogP contribution >= 0.6 is 0 Å². The summed E-state index contributed by atoms with van der Waals surface area (Å²) in [5.41, 5.74) is 1.23. The van der Waals surface area contributed by atoms with Crippen molar-refractivity contribution in [2.24, 2.45) is 0 Å². The molecule has 1 heterocycles. The third-order valence-electron chi connectivity index (χ3n) is 3.52. The maximum atomic E-state index is 12.3. The van der Waals surface area contributed by atoms with E-state index in [0.29, 0.717) is 17.6 Å². The molecule has 2 N–H and O–H groups in total. The highest BCUT2D eigenvalue weighted by molar-refractivity contribution is 6.05. The average molecular weight is 284 g/mol. The number of ketones is 1. The van der Waals surface area contributed by atoms with Gasteiger partial charge in [0.2, 0.25) is 0 Å². The number of hydrogen-bond acceptors (Lipinski definition) is 5. The second-order valence-electron chi connectivity index (χ2n) is 4.92. The van der Waals surface area contributed by atoms with Gasteiger partial charge in [-0.25, -0.2) is 0 Å². The number of phenolic OH excluding ortho intramolecular Hbond substituents is 2. The van der Waals surface area contributed by atoms with Crippen molar-refractivity contribution >= 4 is 12.1 Å². The first-order chi connectivity index (χ1) is 10.0. The molecule has 5 heteroatoms. The Hall–Kier alpha value is -2.82. The molecule has 0 amide bonds. The fourth-order valence-corrected chi connectivity index (χ4v) is 2.47. The molecular formula is C16H12O5. The summed E-state index contributed by atoms with van der Waals surface area (Å²) in [5, 5.41) is 20.1. The molecule has 0 saturated carbocycles. The summed E-state index contributed by atoms with van der Waals surface area (Å²) in [5.74, 6) is -0.903. The number of aldehydes is 1. The number of carbonyl (C=O) groups excluding carboxylic acids is 2. The predicted octanol–water partition coefficient (Wildman–Crippen LogP) is 2.75. The Kier molecular flexibility index (Phi) is 2.90. The molecule has 0 aliphatic carbocycles. The number of ether oxygens (including phenoxy) is 1. The van der Waals surface area contributed by atoms with Gasteiger partial charge in [0.25, 0.3) is 0 Å². The molecule has 0 bridgehead atoms. The molecule has 0 spiro atoms. The first kappa shape index (κ1) is 13.2. The average Bonchev–Trinajstić information content (AvgIpc) is 2.60. The number of hydrogen-bond donors (Lipinski definition) is 2. The molecule has 0 saturated heterocycles. The van der Waals surface area contributed by atoms with Crippen LogP contribution in [-0.2, 0) is 6.42 Å². The Balaban J connectivity index is 2.32. The van der Waals surface area contributed by atoms with E-state index in [0.717, 1.165) is 11.6 Å². The summed E-state index contributed by atoms with van der Waals surface area (Å²) in [4.78, 5) is 23.2. The van der Waals surface area contributed by atoms with Gasteiger partial charge in [-0.05, 0) is 18.6 Å². The van der Waals surface area contributed by atoms with Crippen LogP contribution in [0.3, 0.4) is 0 Å². The molecule has 0 radical (unpaired) electrons. The highest BCUT2D eigenvalue weighted by Gasteiger charge is 2.29. The third kappa shape index (κ3) is 1.94. The van der Waals surface area contributed by atoms with Gasteiger partial charge in [0.15, 0.2) is 23.6 Å². The van der Waals surface area contributed by atoms with Crippen LogP contribution in [0.1, 0.15) is 31.8 Å². The molecule has 0 unspecified atom stereocenters. The molecule has 21 heavy (non-hydrogen) atoms. The van der Waals surface area contributed by atoms with Crippen LogP contribution in [0, 0.1) is 6.92 Å². The Bertz CT molecular complexity index is 777. The lowest BCUT2D eigenvalue weighted by Gasteiger charge is -2.13. The van der Waals surface area contributed by atoms with Crippen LogP contribution in [0.2, 0.25) is 0 Å². The van der Waals surface area contributed by atoms with Gasteiger partial charge in [-0.15, -0.1) is 0 Å². The Morgan fingerprint density at radius 1 is 1.24 bits per heavy atom. The lowest BCUT2D eigenvalue weighted by Crippen LogP contribution is -2.03. The summed E-state index contributed by atoms with van der Waals surface area (Å²) in [7, 11) is 0. The summed E-state index contributed by atoms with van der Waals surface area (Å²) < 4.78 is 5.67. The van der Waals surface area contributed by atoms with Crippen molar-refractivity contribution in [3.63, 3.8) is 0 Å². The van der Waals surface area contributed by atoms with Crippen molar-refractivity contribution in [1.82, 2.24) is 0 Å². The summed E-state index contributed by atoms with van der Waals surface area (Å²) >= 11 is 0. The number of aromatic hydroxyl groups is 2. The zero-order valence-corrected chi connectivity index (χ0v) is 11.2. The van der Waals surface area contributed by atoms with E-state index in [1.807, 2.05) is 13.0 Å². The van der Waals surface area contributed by atoms with Gasteiger partial charge in [-0.2, -0.15) is 0 Å². The lowest BCUT2D eigenvalue weighted by atomic mass is 9.99. The molecule has 106 valence electrons. The topological polar surface area (TPSA) is 83.8 Å². The van der Waals surface area contributed by atoms with Crippen LogP contribution < -0.4 is 4.74 Å². The van der Waals surface area contributed by atoms with Gasteiger partial charge in [0.05, 0.1) is 5.56 Å². The largest absolute Gasteiger partial charge is 0.507 e. The van der Waals surface area contributed by atoms with E-state index >= 15 is 0 Å². The number of benzene rings is 2. The van der Waals surface area contributed by atoms with Gasteiger partial charge in [0.1, 0.15) is 17.1 Å². The molecule has 2 aromatic carbocycles. The van der Waals surface area contributed by atoms with Gasteiger partial charge >= 0.3 is 0 Å². The molecule has 0 atom stereocenters. The van der Waals surface area contributed by atoms with Crippen molar-refractivity contribution < 1.29 is 24.5 Å². The summed E-state index contributed by atoms with van der Waals surface area (Å²) in [6.45, 7) is 1.81. The normalized spacial score (nSPS) is 12.9. The summed E-state index contributed by atoms with van der Waals surface area (Å²) in [6.07, 6.45) is 0.449. The SMILES string of the molecule is Cc1cccc2c1Oc1c(O)c(C=O)cc(O)c1C(=O)C2. The first-order valence-corrected chi connectivity index (χ1v) is 6.36. The van der Waals surface area contributed by atoms with Gasteiger partial charge in [0, 0.05) is 12.0 Å². The maximum absolute atomic E-state index is 12.3. The van der Waals surface area contributed by atoms with Crippen LogP contribution in [0.5, 0.6) is 23.0 Å². The number of aryl methyl sites for hydroxylation is 1. The van der Waals surface area contributed by atoms with Crippen LogP contribution in [-0.4, -0.2) is 22.3 Å². The zero-order chi connectivity index (χ0) is 15.1. The smallest absolute Gasteiger partial charge is 0.184 e. The zero-order valence-electron chi connectivity index (χ0n) is 11.2. The quantitative estimate of drug-likeness (QED) is 0.621. The minimum Gasteiger partial charge on any atom is -0.507 e. The predicted molar refractivity (Wildman–Crippen MR) is 74.4 cm³/mol. The van der Waals surface area contributed by atoms with Gasteiger partial charge in [-0.3, -0.25) is 9.59 Å². The molecule has 1 aliphatic rings. The Labute approximate surface area is 120 Å². The standard InChI is InChI=1S/C16H12O5/c1-8-3-2-4-9-5-11(18)13-12(19)6-10(7-17)14(20)16(13)21-15(8)9/h2-4,6-7,19-20H,5H2,1H3. The van der Waals surface area contributed by atoms with Crippen LogP contribution in [0.25, 0.3) is 0 Å². The second-order valence-corrected chi connectivity index (χ2v) is 4.92. The number of para-hydroxylation sites is 1. The van der Waals surface area contributed by atoms with Crippen LogP contribution in [0.4, 0.5) is 0 Å². The van der Waals surface area contributed by atoms with E-state index < -0.39 is 5.75 Å². The molecule has 1 aliphatic heterocycles. The van der Waals surface area contributed by atoms with Crippen molar-refractivity contribution in [3.05, 3.63) is 46.5 Å². The van der Waals surface area contributed by atoms with Crippen LogP contribution in [0.15, 0.2) is 24.3 Å². The van der Waals surface area contributed by atoms with Crippen molar-refractivity contribution in [1.29, 1.82) is 0 Å². The number of rotatable bonds is 1. The highest BCUT2D eigenvalue weighted by atomic mass is 16.5. The van der Waals surface area contributed by atoms with E-state index in [1.54, 1.807) is 12.1 Å². The minimum atomic E-state index is -0.442. The summed E-state index contributed by atoms with van der Waals surface area (Å²) in [6, 6.07) is 6.43. The van der Waals surface area contributed by atoms with E-state index in [1.165, 1.54) is 0 Å². The first-order valence-electron chi connectivity index (χ1n) is 6.36. The van der Waals surface area contributed by atoms with Gasteiger partial charge in [-0.1, -0.05) is 18.2 Å². The number of carbonyl (C=O) groups is 2. The fourth-order valence-electron chi connectivity index (χ4n) is 2.47. The molecule has 5 nitrogen and oxygen atoms in total. The molecule has 0 aromatic heterocycles. The number of phenols is 2. The van der Waals surface area contributed by atoms with Gasteiger partial charge < -0.3 is 14.9 Å². The minimum absolute atomic E-state index is 0.0530. The molecule has 3 rings (SSSR count). The Morgan fingerprint density at radius 2 is 2.00 bits per heavy atom. The number of Topliss-reactive ketones (excluding diaryl/α,β-unsaturated/α-hetero) is 1. The number of fused-ring (bicyclic) bond motifs is 2. The molecule has 0 fully saturated rings. The Morgan fingerprint density at radius 3 is 2.71 bits per heavy atom.